The molecule has 0 saturated carbocycles. The van der Waals surface area contributed by atoms with Gasteiger partial charge in [0.15, 0.2) is 17.3 Å². The van der Waals surface area contributed by atoms with Crippen LogP contribution in [0.15, 0.2) is 45.3 Å². The zero-order valence-corrected chi connectivity index (χ0v) is 13.8. The Morgan fingerprint density at radius 2 is 1.80 bits per heavy atom. The summed E-state index contributed by atoms with van der Waals surface area (Å²) in [6, 6.07) is 9.87. The van der Waals surface area contributed by atoms with Crippen molar-refractivity contribution in [2.45, 2.75) is 6.42 Å². The van der Waals surface area contributed by atoms with Crippen molar-refractivity contribution in [3.8, 4) is 5.75 Å². The molecule has 0 bridgehead atoms. The lowest BCUT2D eigenvalue weighted by Crippen LogP contribution is -2.04. The summed E-state index contributed by atoms with van der Waals surface area (Å²) in [5.41, 5.74) is 1.19. The number of carbonyl (C=O) groups is 1. The van der Waals surface area contributed by atoms with E-state index in [1.165, 1.54) is 19.2 Å². The van der Waals surface area contributed by atoms with Crippen molar-refractivity contribution >= 4 is 37.6 Å². The highest BCUT2D eigenvalue weighted by atomic mass is 79.9. The number of carbonyl (C=O) groups excluding carboxylic acids is 1. The first kappa shape index (κ1) is 15.2. The van der Waals surface area contributed by atoms with Gasteiger partial charge in [-0.2, -0.15) is 0 Å². The van der Waals surface area contributed by atoms with Crippen LogP contribution in [0.2, 0.25) is 0 Å². The van der Waals surface area contributed by atoms with Gasteiger partial charge >= 0.3 is 0 Å². The van der Waals surface area contributed by atoms with Gasteiger partial charge in [0.25, 0.3) is 0 Å². The summed E-state index contributed by atoms with van der Waals surface area (Å²) in [4.78, 5) is 12.2. The minimum Gasteiger partial charge on any atom is -0.494 e. The van der Waals surface area contributed by atoms with Gasteiger partial charge in [0.2, 0.25) is 0 Å². The molecule has 0 aliphatic carbocycles. The normalized spacial score (nSPS) is 10.4. The van der Waals surface area contributed by atoms with Gasteiger partial charge in [-0.3, -0.25) is 4.79 Å². The van der Waals surface area contributed by atoms with Crippen LogP contribution in [0, 0.1) is 5.82 Å². The van der Waals surface area contributed by atoms with Crippen LogP contribution in [-0.4, -0.2) is 12.9 Å². The molecule has 0 fully saturated rings. The van der Waals surface area contributed by atoms with E-state index in [0.717, 1.165) is 8.95 Å². The molecule has 20 heavy (non-hydrogen) atoms. The largest absolute Gasteiger partial charge is 0.494 e. The number of rotatable bonds is 4. The monoisotopic (exact) mass is 400 g/mol. The highest BCUT2D eigenvalue weighted by Crippen LogP contribution is 2.22. The van der Waals surface area contributed by atoms with Gasteiger partial charge in [-0.1, -0.05) is 37.9 Å². The summed E-state index contributed by atoms with van der Waals surface area (Å²) >= 11 is 6.68. The van der Waals surface area contributed by atoms with Crippen LogP contribution >= 0.6 is 31.9 Å². The van der Waals surface area contributed by atoms with Crippen molar-refractivity contribution in [3.63, 3.8) is 0 Å². The van der Waals surface area contributed by atoms with Crippen molar-refractivity contribution in [1.82, 2.24) is 0 Å². The third-order valence-electron chi connectivity index (χ3n) is 2.77. The third kappa shape index (κ3) is 3.67. The highest BCUT2D eigenvalue weighted by molar-refractivity contribution is 9.11. The minimum absolute atomic E-state index is 0.0726. The average Bonchev–Trinajstić information content (AvgIpc) is 2.37. The minimum atomic E-state index is -0.465. The Morgan fingerprint density at radius 3 is 2.35 bits per heavy atom. The number of Topliss-reactive ketones (excluding diaryl/α,β-unsaturated/α-hetero) is 1. The molecule has 0 aromatic heterocycles. The van der Waals surface area contributed by atoms with Crippen molar-refractivity contribution in [2.75, 3.05) is 7.11 Å². The van der Waals surface area contributed by atoms with Gasteiger partial charge in [-0.05, 0) is 35.9 Å². The quantitative estimate of drug-likeness (QED) is 0.688. The van der Waals surface area contributed by atoms with Crippen molar-refractivity contribution in [3.05, 3.63) is 62.3 Å². The Kier molecular flexibility index (Phi) is 4.94. The summed E-state index contributed by atoms with van der Waals surface area (Å²) in [6.45, 7) is 0. The van der Waals surface area contributed by atoms with Crippen LogP contribution in [0.25, 0.3) is 0 Å². The molecule has 104 valence electrons. The van der Waals surface area contributed by atoms with Gasteiger partial charge in [-0.25, -0.2) is 4.39 Å². The molecular weight excluding hydrogens is 391 g/mol. The molecule has 0 aliphatic heterocycles. The fourth-order valence-corrected chi connectivity index (χ4v) is 3.12. The van der Waals surface area contributed by atoms with E-state index < -0.39 is 5.82 Å². The molecule has 0 amide bonds. The fraction of sp³-hybridized carbons (Fsp3) is 0.133. The molecule has 0 aliphatic rings. The Bertz CT molecular complexity index is 636. The predicted octanol–water partition coefficient (Wildman–Crippen LogP) is 4.78. The lowest BCUT2D eigenvalue weighted by molar-refractivity contribution is 0.0993. The number of ether oxygens (including phenoxy) is 1. The van der Waals surface area contributed by atoms with Crippen LogP contribution in [0.5, 0.6) is 5.75 Å². The van der Waals surface area contributed by atoms with Gasteiger partial charge in [0, 0.05) is 20.9 Å². The average molecular weight is 402 g/mol. The van der Waals surface area contributed by atoms with Crippen LogP contribution < -0.4 is 4.74 Å². The molecule has 0 spiro atoms. The summed E-state index contributed by atoms with van der Waals surface area (Å²) in [6.07, 6.45) is 0.143. The number of hydrogen-bond donors (Lipinski definition) is 0. The fourth-order valence-electron chi connectivity index (χ4n) is 1.82. The molecule has 5 heteroatoms. The Morgan fingerprint density at radius 1 is 1.15 bits per heavy atom. The molecule has 0 N–H and O–H groups in total. The first-order chi connectivity index (χ1) is 9.49. The molecule has 0 heterocycles. The maximum absolute atomic E-state index is 13.6. The molecule has 0 saturated heterocycles. The van der Waals surface area contributed by atoms with Gasteiger partial charge in [0.05, 0.1) is 7.11 Å². The number of benzene rings is 2. The topological polar surface area (TPSA) is 26.3 Å². The Labute approximate surface area is 133 Å². The number of hydrogen-bond acceptors (Lipinski definition) is 2. The van der Waals surface area contributed by atoms with Crippen molar-refractivity contribution in [1.29, 1.82) is 0 Å². The molecule has 0 unspecified atom stereocenters. The van der Waals surface area contributed by atoms with Crippen LogP contribution in [0.4, 0.5) is 4.39 Å². The lowest BCUT2D eigenvalue weighted by Gasteiger charge is -2.06. The molecule has 2 nitrogen and oxygen atoms in total. The molecular formula is C15H11Br2FO2. The molecule has 2 aromatic carbocycles. The van der Waals surface area contributed by atoms with Gasteiger partial charge in [0.1, 0.15) is 0 Å². The maximum atomic E-state index is 13.6. The molecule has 0 atom stereocenters. The second-order valence-corrected chi connectivity index (χ2v) is 6.06. The van der Waals surface area contributed by atoms with Crippen LogP contribution in [-0.2, 0) is 6.42 Å². The van der Waals surface area contributed by atoms with E-state index in [4.69, 9.17) is 4.74 Å². The van der Waals surface area contributed by atoms with Gasteiger partial charge in [-0.15, -0.1) is 0 Å². The maximum Gasteiger partial charge on any atom is 0.167 e. The van der Waals surface area contributed by atoms with E-state index in [2.05, 4.69) is 31.9 Å². The van der Waals surface area contributed by atoms with Crippen LogP contribution in [0.3, 0.4) is 0 Å². The van der Waals surface area contributed by atoms with E-state index in [1.54, 1.807) is 18.2 Å². The number of ketones is 1. The van der Waals surface area contributed by atoms with Crippen LogP contribution in [0.1, 0.15) is 15.9 Å². The molecule has 0 radical (unpaired) electrons. The Hall–Kier alpha value is -1.20. The molecule has 2 rings (SSSR count). The first-order valence-corrected chi connectivity index (χ1v) is 7.40. The number of halogens is 3. The summed E-state index contributed by atoms with van der Waals surface area (Å²) in [5.74, 6) is -0.365. The number of methoxy groups -OCH3 is 1. The summed E-state index contributed by atoms with van der Waals surface area (Å²) in [7, 11) is 1.41. The van der Waals surface area contributed by atoms with Crippen molar-refractivity contribution < 1.29 is 13.9 Å². The zero-order valence-electron chi connectivity index (χ0n) is 10.6. The lowest BCUT2D eigenvalue weighted by atomic mass is 10.0. The van der Waals surface area contributed by atoms with E-state index >= 15 is 0 Å². The standard InChI is InChI=1S/C15H11Br2FO2/c1-20-15-3-2-9(4-13(15)18)5-14(19)10-6-11(16)8-12(17)7-10/h2-4,6-8H,5H2,1H3. The van der Waals surface area contributed by atoms with Crippen molar-refractivity contribution in [2.24, 2.45) is 0 Å². The van der Waals surface area contributed by atoms with Gasteiger partial charge < -0.3 is 4.74 Å². The summed E-state index contributed by atoms with van der Waals surface area (Å²) < 4.78 is 20.1. The predicted molar refractivity (Wildman–Crippen MR) is 82.8 cm³/mol. The molecule has 2 aromatic rings. The second kappa shape index (κ2) is 6.50. The zero-order chi connectivity index (χ0) is 14.7. The smallest absolute Gasteiger partial charge is 0.167 e. The highest BCUT2D eigenvalue weighted by Gasteiger charge is 2.11. The van der Waals surface area contributed by atoms with E-state index in [0.29, 0.717) is 11.1 Å². The van der Waals surface area contributed by atoms with E-state index in [9.17, 15) is 9.18 Å². The summed E-state index contributed by atoms with van der Waals surface area (Å²) in [5, 5.41) is 0. The second-order valence-electron chi connectivity index (χ2n) is 4.23. The Balaban J connectivity index is 2.21. The van der Waals surface area contributed by atoms with E-state index in [1.807, 2.05) is 6.07 Å². The first-order valence-electron chi connectivity index (χ1n) is 5.81. The van der Waals surface area contributed by atoms with E-state index in [-0.39, 0.29) is 18.0 Å². The SMILES string of the molecule is COc1ccc(CC(=O)c2cc(Br)cc(Br)c2)cc1F. The third-order valence-corrected chi connectivity index (χ3v) is 3.68.